The molecule has 144 valence electrons. The Kier molecular flexibility index (Phi) is 4.27. The Morgan fingerprint density at radius 2 is 1.89 bits per heavy atom. The van der Waals surface area contributed by atoms with Gasteiger partial charge in [-0.1, -0.05) is 0 Å². The van der Waals surface area contributed by atoms with Crippen LogP contribution in [0.4, 0.5) is 8.78 Å². The van der Waals surface area contributed by atoms with E-state index in [0.717, 1.165) is 21.9 Å². The second-order valence-electron chi connectivity index (χ2n) is 7.11. The molecule has 2 aromatic heterocycles. The zero-order valence-electron chi connectivity index (χ0n) is 15.8. The summed E-state index contributed by atoms with van der Waals surface area (Å²) in [6.45, 7) is 4.06. The van der Waals surface area contributed by atoms with Crippen molar-refractivity contribution in [2.45, 2.75) is 19.9 Å². The summed E-state index contributed by atoms with van der Waals surface area (Å²) in [5.74, 6) is -2.11. The second-order valence-corrected chi connectivity index (χ2v) is 7.11. The van der Waals surface area contributed by atoms with Crippen LogP contribution in [0.25, 0.3) is 32.6 Å². The number of fused-ring (bicyclic) bond motifs is 4. The lowest BCUT2D eigenvalue weighted by Gasteiger charge is -2.13. The molecule has 1 amide bonds. The van der Waals surface area contributed by atoms with Crippen LogP contribution < -0.4 is 11.1 Å². The Balaban J connectivity index is 2.08. The molecule has 0 spiro atoms. The molecule has 2 heterocycles. The predicted molar refractivity (Wildman–Crippen MR) is 106 cm³/mol. The van der Waals surface area contributed by atoms with E-state index in [4.69, 9.17) is 5.73 Å². The van der Waals surface area contributed by atoms with Gasteiger partial charge in [0.25, 0.3) is 5.91 Å². The van der Waals surface area contributed by atoms with Gasteiger partial charge < -0.3 is 15.6 Å². The second kappa shape index (κ2) is 6.53. The highest BCUT2D eigenvalue weighted by molar-refractivity contribution is 6.17. The number of aromatic nitrogens is 2. The van der Waals surface area contributed by atoms with Gasteiger partial charge in [-0.3, -0.25) is 9.78 Å². The predicted octanol–water partition coefficient (Wildman–Crippen LogP) is 3.54. The zero-order chi connectivity index (χ0) is 20.2. The number of carbonyl (C=O) groups is 1. The third kappa shape index (κ3) is 2.62. The molecule has 0 aliphatic heterocycles. The van der Waals surface area contributed by atoms with Crippen molar-refractivity contribution in [3.63, 3.8) is 0 Å². The van der Waals surface area contributed by atoms with Gasteiger partial charge in [0, 0.05) is 48.1 Å². The van der Waals surface area contributed by atoms with Gasteiger partial charge in [-0.05, 0) is 43.0 Å². The maximum atomic E-state index is 13.9. The van der Waals surface area contributed by atoms with Gasteiger partial charge in [-0.2, -0.15) is 0 Å². The van der Waals surface area contributed by atoms with Gasteiger partial charge >= 0.3 is 0 Å². The third-order valence-electron chi connectivity index (χ3n) is 5.26. The van der Waals surface area contributed by atoms with E-state index < -0.39 is 11.6 Å². The SMILES string of the molecule is Cc1c2ccnc(C(=O)N[C@H](C)CN)c2cc2c3cc(F)c(F)cc3n(C)c12. The van der Waals surface area contributed by atoms with Crippen LogP contribution in [0.5, 0.6) is 0 Å². The Morgan fingerprint density at radius 3 is 2.61 bits per heavy atom. The van der Waals surface area contributed by atoms with Gasteiger partial charge in [0.1, 0.15) is 5.69 Å². The summed E-state index contributed by atoms with van der Waals surface area (Å²) in [6.07, 6.45) is 1.59. The van der Waals surface area contributed by atoms with Crippen LogP contribution in [0.3, 0.4) is 0 Å². The van der Waals surface area contributed by atoms with Crippen molar-refractivity contribution in [1.82, 2.24) is 14.9 Å². The average Bonchev–Trinajstić information content (AvgIpc) is 2.93. The molecule has 0 bridgehead atoms. The van der Waals surface area contributed by atoms with Crippen molar-refractivity contribution in [1.29, 1.82) is 0 Å². The quantitative estimate of drug-likeness (QED) is 0.569. The monoisotopic (exact) mass is 382 g/mol. The van der Waals surface area contributed by atoms with Crippen LogP contribution in [0.2, 0.25) is 0 Å². The fourth-order valence-electron chi connectivity index (χ4n) is 3.81. The van der Waals surface area contributed by atoms with Crippen molar-refractivity contribution in [3.05, 3.63) is 53.4 Å². The smallest absolute Gasteiger partial charge is 0.270 e. The minimum atomic E-state index is -0.904. The van der Waals surface area contributed by atoms with Crippen LogP contribution in [0, 0.1) is 18.6 Å². The lowest BCUT2D eigenvalue weighted by molar-refractivity contribution is 0.0938. The standard InChI is InChI=1S/C21H20F2N4O/c1-10(9-24)26-21(28)19-14-6-15-13-7-16(22)17(23)8-18(13)27(3)20(15)11(2)12(14)4-5-25-19/h4-8,10H,9,24H2,1-3H3,(H,26,28)/t10-/m1/s1. The van der Waals surface area contributed by atoms with Crippen LogP contribution >= 0.6 is 0 Å². The minimum absolute atomic E-state index is 0.191. The van der Waals surface area contributed by atoms with E-state index >= 15 is 0 Å². The average molecular weight is 382 g/mol. The molecule has 0 unspecified atom stereocenters. The first kappa shape index (κ1) is 18.3. The van der Waals surface area contributed by atoms with Crippen molar-refractivity contribution >= 4 is 38.5 Å². The number of benzene rings is 2. The van der Waals surface area contributed by atoms with E-state index in [1.807, 2.05) is 37.6 Å². The summed E-state index contributed by atoms with van der Waals surface area (Å²) >= 11 is 0. The van der Waals surface area contributed by atoms with Crippen molar-refractivity contribution < 1.29 is 13.6 Å². The van der Waals surface area contributed by atoms with Gasteiger partial charge in [0.2, 0.25) is 0 Å². The largest absolute Gasteiger partial charge is 0.347 e. The first-order valence-corrected chi connectivity index (χ1v) is 8.99. The highest BCUT2D eigenvalue weighted by Crippen LogP contribution is 2.36. The first-order chi connectivity index (χ1) is 13.3. The lowest BCUT2D eigenvalue weighted by Crippen LogP contribution is -2.38. The number of hydrogen-bond acceptors (Lipinski definition) is 3. The topological polar surface area (TPSA) is 72.9 Å². The molecule has 0 saturated heterocycles. The van der Waals surface area contributed by atoms with E-state index in [1.54, 1.807) is 6.20 Å². The highest BCUT2D eigenvalue weighted by Gasteiger charge is 2.20. The maximum absolute atomic E-state index is 13.9. The molecule has 5 nitrogen and oxygen atoms in total. The number of hydrogen-bond donors (Lipinski definition) is 2. The summed E-state index contributed by atoms with van der Waals surface area (Å²) in [5, 5.41) is 5.68. The Bertz CT molecular complexity index is 1260. The van der Waals surface area contributed by atoms with Crippen LogP contribution in [-0.4, -0.2) is 28.0 Å². The normalized spacial score (nSPS) is 12.8. The van der Waals surface area contributed by atoms with E-state index in [9.17, 15) is 13.6 Å². The highest BCUT2D eigenvalue weighted by atomic mass is 19.2. The third-order valence-corrected chi connectivity index (χ3v) is 5.26. The zero-order valence-corrected chi connectivity index (χ0v) is 15.8. The number of nitrogens with zero attached hydrogens (tertiary/aromatic N) is 2. The maximum Gasteiger partial charge on any atom is 0.270 e. The number of nitrogens with one attached hydrogen (secondary N) is 1. The minimum Gasteiger partial charge on any atom is -0.347 e. The molecule has 0 fully saturated rings. The molecule has 28 heavy (non-hydrogen) atoms. The number of aryl methyl sites for hydroxylation is 2. The van der Waals surface area contributed by atoms with Gasteiger partial charge in [0.05, 0.1) is 11.0 Å². The molecule has 1 atom stereocenters. The van der Waals surface area contributed by atoms with E-state index in [0.29, 0.717) is 22.8 Å². The summed E-state index contributed by atoms with van der Waals surface area (Å²) in [4.78, 5) is 17.0. The number of pyridine rings is 1. The summed E-state index contributed by atoms with van der Waals surface area (Å²) < 4.78 is 29.6. The molecule has 0 aliphatic carbocycles. The molecule has 0 aliphatic rings. The number of rotatable bonds is 3. The number of carbonyl (C=O) groups excluding carboxylic acids is 1. The first-order valence-electron chi connectivity index (χ1n) is 8.99. The van der Waals surface area contributed by atoms with Crippen LogP contribution in [0.15, 0.2) is 30.5 Å². The van der Waals surface area contributed by atoms with Crippen LogP contribution in [-0.2, 0) is 7.05 Å². The summed E-state index contributed by atoms with van der Waals surface area (Å²) in [5.41, 5.74) is 8.24. The van der Waals surface area contributed by atoms with E-state index in [-0.39, 0.29) is 17.6 Å². The number of nitrogens with two attached hydrogens (primary N) is 1. The number of halogens is 2. The van der Waals surface area contributed by atoms with Gasteiger partial charge in [0.15, 0.2) is 11.6 Å². The molecule has 0 radical (unpaired) electrons. The Morgan fingerprint density at radius 1 is 1.18 bits per heavy atom. The number of amides is 1. The van der Waals surface area contributed by atoms with Gasteiger partial charge in [-0.15, -0.1) is 0 Å². The van der Waals surface area contributed by atoms with Crippen molar-refractivity contribution in [3.8, 4) is 0 Å². The molecular formula is C21H20F2N4O. The fourth-order valence-corrected chi connectivity index (χ4v) is 3.81. The molecule has 4 aromatic rings. The molecule has 7 heteroatoms. The summed E-state index contributed by atoms with van der Waals surface area (Å²) in [7, 11) is 1.82. The lowest BCUT2D eigenvalue weighted by atomic mass is 10.00. The van der Waals surface area contributed by atoms with Gasteiger partial charge in [-0.25, -0.2) is 8.78 Å². The van der Waals surface area contributed by atoms with Crippen LogP contribution in [0.1, 0.15) is 23.0 Å². The molecule has 0 saturated carbocycles. The molecule has 2 aromatic carbocycles. The molecule has 4 rings (SSSR count). The Hall–Kier alpha value is -3.06. The van der Waals surface area contributed by atoms with E-state index in [2.05, 4.69) is 10.3 Å². The van der Waals surface area contributed by atoms with Crippen molar-refractivity contribution in [2.24, 2.45) is 12.8 Å². The molecular weight excluding hydrogens is 362 g/mol. The fraction of sp³-hybridized carbons (Fsp3) is 0.238. The van der Waals surface area contributed by atoms with Crippen molar-refractivity contribution in [2.75, 3.05) is 6.54 Å². The summed E-state index contributed by atoms with van der Waals surface area (Å²) in [6, 6.07) is 5.87. The van der Waals surface area contributed by atoms with E-state index in [1.165, 1.54) is 12.1 Å². The molecule has 3 N–H and O–H groups in total. The Labute approximate surface area is 160 Å².